The molecule has 0 aliphatic rings. The number of hydrogen-bond acceptors (Lipinski definition) is 5. The van der Waals surface area contributed by atoms with E-state index in [9.17, 15) is 14.7 Å². The number of unbranched alkanes of at least 4 members (excludes halogenated alkanes) is 62. The smallest absolute Gasteiger partial charge is 0.306 e. The Kier molecular flexibility index (Phi) is 81.7. The molecule has 0 bridgehead atoms. The zero-order chi connectivity index (χ0) is 66.8. The topological polar surface area (TPSA) is 72.8 Å². The van der Waals surface area contributed by atoms with Crippen molar-refractivity contribution in [3.63, 3.8) is 0 Å². The summed E-state index contributed by atoms with van der Waals surface area (Å²) in [5.41, 5.74) is 0. The van der Waals surface area contributed by atoms with E-state index in [0.717, 1.165) is 64.2 Å². The molecule has 0 aromatic heterocycles. The molecule has 5 heteroatoms. The van der Waals surface area contributed by atoms with Crippen LogP contribution in [0.4, 0.5) is 0 Å². The Bertz CT molecular complexity index is 1570. The number of esters is 2. The van der Waals surface area contributed by atoms with Gasteiger partial charge in [-0.2, -0.15) is 0 Å². The first-order chi connectivity index (χ1) is 46.1. The molecule has 0 aromatic carbocycles. The SMILES string of the molecule is CC/C=C\C/C=C\C/C=C\C/C=C\C/C=C\CCCCCCCCCCCCCCCCCCCCCCCCCCCC(=O)OC(CO)COC(=O)CCCCCCCCCCCCCCCCCCCCCCCCCCCCCCCCCCCCCCCC. The van der Waals surface area contributed by atoms with Gasteiger partial charge >= 0.3 is 11.9 Å². The second-order valence-electron chi connectivity index (χ2n) is 28.9. The van der Waals surface area contributed by atoms with Crippen LogP contribution >= 0.6 is 0 Å². The van der Waals surface area contributed by atoms with Gasteiger partial charge in [0.1, 0.15) is 6.61 Å². The first-order valence-corrected chi connectivity index (χ1v) is 42.3. The molecule has 0 spiro atoms. The average molecular weight is 1300 g/mol. The van der Waals surface area contributed by atoms with Gasteiger partial charge in [0.15, 0.2) is 6.10 Å². The Hall–Kier alpha value is -2.40. The Labute approximate surface area is 582 Å². The molecule has 546 valence electrons. The Morgan fingerprint density at radius 2 is 0.462 bits per heavy atom. The van der Waals surface area contributed by atoms with Crippen LogP contribution in [0.25, 0.3) is 0 Å². The Morgan fingerprint density at radius 1 is 0.258 bits per heavy atom. The summed E-state index contributed by atoms with van der Waals surface area (Å²) in [5.74, 6) is -0.561. The zero-order valence-corrected chi connectivity index (χ0v) is 63.0. The molecule has 93 heavy (non-hydrogen) atoms. The summed E-state index contributed by atoms with van der Waals surface area (Å²) in [6.07, 6.45) is 116. The van der Waals surface area contributed by atoms with Crippen molar-refractivity contribution in [1.29, 1.82) is 0 Å². The molecular formula is C88H164O5. The fraction of sp³-hybridized carbons (Fsp3) is 0.864. The van der Waals surface area contributed by atoms with Crippen LogP contribution in [0.3, 0.4) is 0 Å². The van der Waals surface area contributed by atoms with E-state index in [-0.39, 0.29) is 25.2 Å². The second kappa shape index (κ2) is 83.8. The standard InChI is InChI=1S/C88H164O5/c1-3-5-7-9-11-13-15-17-19-21-23-25-27-29-31-33-35-37-39-41-43-44-45-47-49-51-53-55-57-59-61-63-65-67-69-71-73-75-77-79-81-83-88(91)93-86(84-89)85-92-87(90)82-80-78-76-74-72-70-68-66-64-62-60-58-56-54-52-50-48-46-42-40-38-36-34-32-30-28-26-24-22-20-18-16-14-12-10-8-6-4-2/h5,7,11,13,17,19,23,25,29,31,86,89H,3-4,6,8-10,12,14-16,18,20-22,24,26-28,30,32-85H2,1-2H3/b7-5-,13-11-,19-17-,25-23-,31-29-. The molecule has 0 fully saturated rings. The van der Waals surface area contributed by atoms with E-state index in [4.69, 9.17) is 9.47 Å². The molecule has 0 aromatic rings. The quantitative estimate of drug-likeness (QED) is 0.0373. The van der Waals surface area contributed by atoms with Crippen LogP contribution in [0, 0.1) is 0 Å². The molecular weight excluding hydrogens is 1140 g/mol. The van der Waals surface area contributed by atoms with E-state index in [1.165, 1.54) is 379 Å². The summed E-state index contributed by atoms with van der Waals surface area (Å²) < 4.78 is 10.8. The average Bonchev–Trinajstić information content (AvgIpc) is 3.59. The first kappa shape index (κ1) is 90.6. The van der Waals surface area contributed by atoms with Crippen molar-refractivity contribution in [1.82, 2.24) is 0 Å². The number of allylic oxidation sites excluding steroid dienone is 10. The number of carbonyl (C=O) groups excluding carboxylic acids is 2. The lowest BCUT2D eigenvalue weighted by Crippen LogP contribution is -2.28. The van der Waals surface area contributed by atoms with Gasteiger partial charge in [-0.3, -0.25) is 9.59 Å². The van der Waals surface area contributed by atoms with Crippen molar-refractivity contribution >= 4 is 11.9 Å². The second-order valence-corrected chi connectivity index (χ2v) is 28.9. The highest BCUT2D eigenvalue weighted by Gasteiger charge is 2.16. The minimum Gasteiger partial charge on any atom is -0.462 e. The summed E-state index contributed by atoms with van der Waals surface area (Å²) >= 11 is 0. The highest BCUT2D eigenvalue weighted by molar-refractivity contribution is 5.70. The van der Waals surface area contributed by atoms with Gasteiger partial charge in [0.05, 0.1) is 6.61 Å². The molecule has 0 radical (unpaired) electrons. The summed E-state index contributed by atoms with van der Waals surface area (Å²) in [6.45, 7) is 4.10. The molecule has 1 N–H and O–H groups in total. The van der Waals surface area contributed by atoms with Gasteiger partial charge in [0.25, 0.3) is 0 Å². The van der Waals surface area contributed by atoms with Gasteiger partial charge in [0, 0.05) is 12.8 Å². The highest BCUT2D eigenvalue weighted by Crippen LogP contribution is 2.21. The van der Waals surface area contributed by atoms with Crippen molar-refractivity contribution in [2.75, 3.05) is 13.2 Å². The maximum Gasteiger partial charge on any atom is 0.306 e. The van der Waals surface area contributed by atoms with Gasteiger partial charge in [-0.05, 0) is 57.8 Å². The van der Waals surface area contributed by atoms with Gasteiger partial charge in [-0.25, -0.2) is 0 Å². The first-order valence-electron chi connectivity index (χ1n) is 42.3. The lowest BCUT2D eigenvalue weighted by molar-refractivity contribution is -0.161. The van der Waals surface area contributed by atoms with Crippen molar-refractivity contribution in [2.24, 2.45) is 0 Å². The highest BCUT2D eigenvalue weighted by atomic mass is 16.6. The molecule has 5 nitrogen and oxygen atoms in total. The lowest BCUT2D eigenvalue weighted by atomic mass is 10.0. The van der Waals surface area contributed by atoms with Gasteiger partial charge < -0.3 is 14.6 Å². The number of aliphatic hydroxyl groups excluding tert-OH is 1. The van der Waals surface area contributed by atoms with Gasteiger partial charge in [0.2, 0.25) is 0 Å². The Balaban J connectivity index is 3.35. The van der Waals surface area contributed by atoms with E-state index >= 15 is 0 Å². The fourth-order valence-electron chi connectivity index (χ4n) is 13.3. The van der Waals surface area contributed by atoms with E-state index in [1.807, 2.05) is 0 Å². The molecule has 0 saturated carbocycles. The molecule has 1 atom stereocenters. The van der Waals surface area contributed by atoms with Crippen molar-refractivity contribution in [3.8, 4) is 0 Å². The lowest BCUT2D eigenvalue weighted by Gasteiger charge is -2.15. The fourth-order valence-corrected chi connectivity index (χ4v) is 13.3. The van der Waals surface area contributed by atoms with E-state index < -0.39 is 6.10 Å². The van der Waals surface area contributed by atoms with Gasteiger partial charge in [-0.15, -0.1) is 0 Å². The van der Waals surface area contributed by atoms with E-state index in [0.29, 0.717) is 12.8 Å². The molecule has 0 heterocycles. The van der Waals surface area contributed by atoms with E-state index in [2.05, 4.69) is 74.6 Å². The van der Waals surface area contributed by atoms with Crippen molar-refractivity contribution < 1.29 is 24.2 Å². The monoisotopic (exact) mass is 1300 g/mol. The number of carbonyl (C=O) groups is 2. The summed E-state index contributed by atoms with van der Waals surface area (Å²) in [7, 11) is 0. The van der Waals surface area contributed by atoms with Crippen LogP contribution in [-0.2, 0) is 19.1 Å². The van der Waals surface area contributed by atoms with Crippen LogP contribution < -0.4 is 0 Å². The molecule has 0 aliphatic heterocycles. The van der Waals surface area contributed by atoms with Gasteiger partial charge in [-0.1, -0.05) is 460 Å². The summed E-state index contributed by atoms with van der Waals surface area (Å²) in [4.78, 5) is 24.7. The third kappa shape index (κ3) is 81.9. The van der Waals surface area contributed by atoms with E-state index in [1.54, 1.807) is 0 Å². The summed E-state index contributed by atoms with van der Waals surface area (Å²) in [6, 6.07) is 0. The number of rotatable bonds is 80. The normalized spacial score (nSPS) is 12.4. The van der Waals surface area contributed by atoms with Crippen LogP contribution in [0.1, 0.15) is 470 Å². The number of ether oxygens (including phenoxy) is 2. The van der Waals surface area contributed by atoms with Crippen molar-refractivity contribution in [2.45, 2.75) is 476 Å². The Morgan fingerprint density at radius 3 is 0.699 bits per heavy atom. The molecule has 1 unspecified atom stereocenters. The largest absolute Gasteiger partial charge is 0.462 e. The minimum atomic E-state index is -0.771. The minimum absolute atomic E-state index is 0.0585. The molecule has 0 amide bonds. The molecule has 0 aliphatic carbocycles. The third-order valence-corrected chi connectivity index (χ3v) is 19.6. The van der Waals surface area contributed by atoms with Crippen LogP contribution in [0.5, 0.6) is 0 Å². The third-order valence-electron chi connectivity index (χ3n) is 19.6. The van der Waals surface area contributed by atoms with Crippen molar-refractivity contribution in [3.05, 3.63) is 60.8 Å². The maximum atomic E-state index is 12.4. The number of hydrogen-bond donors (Lipinski definition) is 1. The van der Waals surface area contributed by atoms with Crippen LogP contribution in [0.15, 0.2) is 60.8 Å². The summed E-state index contributed by atoms with van der Waals surface area (Å²) in [5, 5.41) is 9.74. The molecule has 0 rings (SSSR count). The zero-order valence-electron chi connectivity index (χ0n) is 63.0. The predicted molar refractivity (Wildman–Crippen MR) is 413 cm³/mol. The maximum absolute atomic E-state index is 12.4. The number of aliphatic hydroxyl groups is 1. The predicted octanol–water partition coefficient (Wildman–Crippen LogP) is 30.0. The molecule has 0 saturated heterocycles. The van der Waals surface area contributed by atoms with Crippen LogP contribution in [0.2, 0.25) is 0 Å². The van der Waals surface area contributed by atoms with Crippen LogP contribution in [-0.4, -0.2) is 36.4 Å².